The van der Waals surface area contributed by atoms with Crippen molar-refractivity contribution in [3.05, 3.63) is 51.3 Å². The van der Waals surface area contributed by atoms with Crippen LogP contribution in [0.15, 0.2) is 50.7 Å². The highest BCUT2D eigenvalue weighted by atomic mass is 79.9. The number of phenols is 2. The minimum atomic E-state index is -0.0846. The lowest BCUT2D eigenvalue weighted by Crippen LogP contribution is -1.85. The van der Waals surface area contributed by atoms with Gasteiger partial charge in [0.2, 0.25) is 0 Å². The Kier molecular flexibility index (Phi) is 4.25. The molecule has 0 radical (unpaired) electrons. The molecule has 0 atom stereocenters. The molecule has 2 aromatic carbocycles. The van der Waals surface area contributed by atoms with E-state index in [1.54, 1.807) is 18.6 Å². The van der Waals surface area contributed by atoms with Crippen molar-refractivity contribution in [2.45, 2.75) is 0 Å². The Morgan fingerprint density at radius 2 is 1.96 bits per heavy atom. The summed E-state index contributed by atoms with van der Waals surface area (Å²) in [7, 11) is 0. The number of nitrogens with one attached hydrogen (secondary N) is 2. The monoisotopic (exact) mass is 475 g/mol. The first-order chi connectivity index (χ1) is 12.5. The minimum Gasteiger partial charge on any atom is -0.506 e. The molecule has 130 valence electrons. The Hall–Kier alpha value is -2.65. The van der Waals surface area contributed by atoms with Crippen LogP contribution in [0, 0.1) is 0 Å². The molecule has 9 heteroatoms. The van der Waals surface area contributed by atoms with Gasteiger partial charge in [0.25, 0.3) is 0 Å². The lowest BCUT2D eigenvalue weighted by molar-refractivity contribution is 0.442. The van der Waals surface area contributed by atoms with Crippen LogP contribution in [0.3, 0.4) is 0 Å². The molecule has 0 saturated carbocycles. The lowest BCUT2D eigenvalue weighted by atomic mass is 10.2. The predicted molar refractivity (Wildman–Crippen MR) is 106 cm³/mol. The molecule has 4 rings (SSSR count). The van der Waals surface area contributed by atoms with E-state index in [4.69, 9.17) is 0 Å². The number of aromatic nitrogens is 4. The maximum absolute atomic E-state index is 10.1. The summed E-state index contributed by atoms with van der Waals surface area (Å²) in [6.45, 7) is 0. The van der Waals surface area contributed by atoms with Crippen molar-refractivity contribution in [1.29, 1.82) is 0 Å². The van der Waals surface area contributed by atoms with Crippen molar-refractivity contribution in [3.63, 3.8) is 0 Å². The smallest absolute Gasteiger partial charge is 0.156 e. The van der Waals surface area contributed by atoms with Gasteiger partial charge in [0, 0.05) is 11.8 Å². The number of aliphatic imine (C=N–C) groups is 1. The second-order valence-corrected chi connectivity index (χ2v) is 7.12. The summed E-state index contributed by atoms with van der Waals surface area (Å²) in [5, 5.41) is 19.9. The summed E-state index contributed by atoms with van der Waals surface area (Å²) in [5.41, 5.74) is 3.60. The number of H-pyrrole nitrogens is 2. The Morgan fingerprint density at radius 3 is 2.73 bits per heavy atom. The molecule has 0 unspecified atom stereocenters. The van der Waals surface area contributed by atoms with Crippen molar-refractivity contribution in [2.75, 3.05) is 0 Å². The van der Waals surface area contributed by atoms with Crippen LogP contribution in [-0.4, -0.2) is 36.4 Å². The van der Waals surface area contributed by atoms with Gasteiger partial charge < -0.3 is 20.2 Å². The molecule has 0 aliphatic rings. The van der Waals surface area contributed by atoms with E-state index < -0.39 is 0 Å². The van der Waals surface area contributed by atoms with Crippen LogP contribution in [0.2, 0.25) is 0 Å². The highest BCUT2D eigenvalue weighted by Crippen LogP contribution is 2.40. The van der Waals surface area contributed by atoms with Crippen LogP contribution in [0.4, 0.5) is 5.69 Å². The molecule has 2 aromatic heterocycles. The van der Waals surface area contributed by atoms with Crippen LogP contribution in [0.25, 0.3) is 22.6 Å². The number of nitrogens with zero attached hydrogens (tertiary/aromatic N) is 3. The van der Waals surface area contributed by atoms with E-state index in [1.165, 1.54) is 6.21 Å². The van der Waals surface area contributed by atoms with E-state index in [2.05, 4.69) is 56.8 Å². The summed E-state index contributed by atoms with van der Waals surface area (Å²) >= 11 is 6.39. The predicted octanol–water partition coefficient (Wildman–Crippen LogP) is 4.64. The molecule has 4 aromatic rings. The number of benzene rings is 2. The highest BCUT2D eigenvalue weighted by molar-refractivity contribution is 9.11. The number of hydrogen-bond donors (Lipinski definition) is 4. The number of hydrogen-bond acceptors (Lipinski definition) is 5. The maximum atomic E-state index is 10.1. The fraction of sp³-hybridized carbons (Fsp3) is 0. The Morgan fingerprint density at radius 1 is 1.12 bits per heavy atom. The zero-order valence-electron chi connectivity index (χ0n) is 13.0. The fourth-order valence-corrected chi connectivity index (χ4v) is 3.60. The van der Waals surface area contributed by atoms with Gasteiger partial charge in [-0.15, -0.1) is 0 Å². The van der Waals surface area contributed by atoms with Crippen molar-refractivity contribution < 1.29 is 10.2 Å². The third-order valence-corrected chi connectivity index (χ3v) is 5.12. The van der Waals surface area contributed by atoms with Gasteiger partial charge in [-0.3, -0.25) is 4.99 Å². The van der Waals surface area contributed by atoms with E-state index in [0.717, 1.165) is 16.7 Å². The standard InChI is InChI=1S/C17H11Br2N5O2/c18-10-3-8(15(25)14(19)16(10)26)5-21-9-1-2-11-12(4-9)24-17(23-11)13-6-20-7-22-13/h1-7,25-26H,(H,20,22)(H,23,24). The van der Waals surface area contributed by atoms with Crippen molar-refractivity contribution in [1.82, 2.24) is 19.9 Å². The fourth-order valence-electron chi connectivity index (χ4n) is 2.45. The van der Waals surface area contributed by atoms with Crippen LogP contribution in [0.5, 0.6) is 11.5 Å². The van der Waals surface area contributed by atoms with E-state index in [9.17, 15) is 10.2 Å². The summed E-state index contributed by atoms with van der Waals surface area (Å²) < 4.78 is 0.665. The Labute approximate surface area is 164 Å². The zero-order valence-corrected chi connectivity index (χ0v) is 16.2. The minimum absolute atomic E-state index is 0.0649. The number of halogens is 2. The molecule has 0 amide bonds. The Bertz CT molecular complexity index is 1140. The summed E-state index contributed by atoms with van der Waals surface area (Å²) in [4.78, 5) is 19.1. The van der Waals surface area contributed by atoms with Crippen LogP contribution >= 0.6 is 31.9 Å². The third kappa shape index (κ3) is 2.99. The molecule has 0 aliphatic carbocycles. The molecule has 0 aliphatic heterocycles. The Balaban J connectivity index is 1.68. The molecule has 0 fully saturated rings. The third-order valence-electron chi connectivity index (χ3n) is 3.77. The van der Waals surface area contributed by atoms with E-state index in [1.807, 2.05) is 18.2 Å². The lowest BCUT2D eigenvalue weighted by Gasteiger charge is -2.06. The molecule has 0 bridgehead atoms. The van der Waals surface area contributed by atoms with Gasteiger partial charge in [-0.2, -0.15) is 0 Å². The largest absolute Gasteiger partial charge is 0.506 e. The molecular weight excluding hydrogens is 466 g/mol. The second-order valence-electron chi connectivity index (χ2n) is 5.47. The molecule has 2 heterocycles. The molecule has 0 saturated heterocycles. The number of imidazole rings is 2. The molecule has 26 heavy (non-hydrogen) atoms. The highest BCUT2D eigenvalue weighted by Gasteiger charge is 2.13. The van der Waals surface area contributed by atoms with E-state index in [0.29, 0.717) is 21.5 Å². The van der Waals surface area contributed by atoms with Gasteiger partial charge in [-0.05, 0) is 56.1 Å². The van der Waals surface area contributed by atoms with Crippen LogP contribution in [-0.2, 0) is 0 Å². The number of fused-ring (bicyclic) bond motifs is 1. The molecule has 4 N–H and O–H groups in total. The zero-order chi connectivity index (χ0) is 18.3. The van der Waals surface area contributed by atoms with Gasteiger partial charge in [0.15, 0.2) is 5.82 Å². The van der Waals surface area contributed by atoms with E-state index in [-0.39, 0.29) is 16.0 Å². The maximum Gasteiger partial charge on any atom is 0.156 e. The molecular formula is C17H11Br2N5O2. The van der Waals surface area contributed by atoms with Crippen molar-refractivity contribution >= 4 is 54.8 Å². The number of rotatable bonds is 3. The van der Waals surface area contributed by atoms with E-state index >= 15 is 0 Å². The number of phenolic OH excluding ortho intramolecular Hbond substituents is 2. The van der Waals surface area contributed by atoms with Crippen LogP contribution < -0.4 is 0 Å². The normalized spacial score (nSPS) is 11.6. The number of aromatic hydroxyl groups is 2. The van der Waals surface area contributed by atoms with Gasteiger partial charge in [0.05, 0.1) is 33.7 Å². The average Bonchev–Trinajstić information content (AvgIpc) is 3.30. The van der Waals surface area contributed by atoms with Gasteiger partial charge >= 0.3 is 0 Å². The topological polar surface area (TPSA) is 110 Å². The summed E-state index contributed by atoms with van der Waals surface area (Å²) in [5.74, 6) is 0.547. The van der Waals surface area contributed by atoms with Crippen molar-refractivity contribution in [2.24, 2.45) is 4.99 Å². The first kappa shape index (κ1) is 16.8. The first-order valence-electron chi connectivity index (χ1n) is 7.45. The van der Waals surface area contributed by atoms with Gasteiger partial charge in [0.1, 0.15) is 21.7 Å². The van der Waals surface area contributed by atoms with Gasteiger partial charge in [-0.1, -0.05) is 0 Å². The average molecular weight is 477 g/mol. The summed E-state index contributed by atoms with van der Waals surface area (Å²) in [6.07, 6.45) is 4.82. The SMILES string of the molecule is Oc1c(Br)cc(C=Nc2ccc3nc(-c4cnc[nH]4)[nH]c3c2)c(O)c1Br. The second kappa shape index (κ2) is 6.58. The molecule has 0 spiro atoms. The van der Waals surface area contributed by atoms with Crippen molar-refractivity contribution in [3.8, 4) is 23.0 Å². The van der Waals surface area contributed by atoms with Crippen LogP contribution in [0.1, 0.15) is 5.56 Å². The summed E-state index contributed by atoms with van der Waals surface area (Å²) in [6, 6.07) is 7.14. The van der Waals surface area contributed by atoms with Gasteiger partial charge in [-0.25, -0.2) is 9.97 Å². The number of aromatic amines is 2. The first-order valence-corrected chi connectivity index (χ1v) is 9.04. The molecule has 7 nitrogen and oxygen atoms in total. The quantitative estimate of drug-likeness (QED) is 0.323.